The van der Waals surface area contributed by atoms with E-state index in [1.165, 1.54) is 0 Å². The van der Waals surface area contributed by atoms with Gasteiger partial charge in [-0.25, -0.2) is 0 Å². The van der Waals surface area contributed by atoms with Crippen LogP contribution in [0.2, 0.25) is 0 Å². The van der Waals surface area contributed by atoms with Crippen LogP contribution in [0.4, 0.5) is 5.69 Å². The van der Waals surface area contributed by atoms with E-state index in [0.717, 1.165) is 27.9 Å². The molecule has 4 rings (SSSR count). The number of aromatic nitrogens is 2. The number of fused-ring (bicyclic) bond motifs is 1. The number of rotatable bonds is 3. The minimum Gasteiger partial charge on any atom is -0.485 e. The van der Waals surface area contributed by atoms with Crippen LogP contribution in [0, 0.1) is 13.8 Å². The number of hydrogen-bond acceptors (Lipinski definition) is 4. The van der Waals surface area contributed by atoms with E-state index in [9.17, 15) is 4.79 Å². The van der Waals surface area contributed by atoms with E-state index in [-0.39, 0.29) is 12.5 Å². The number of anilines is 1. The number of nitrogens with one attached hydrogen (secondary N) is 2. The van der Waals surface area contributed by atoms with Crippen molar-refractivity contribution < 1.29 is 14.3 Å². The number of H-pyrrole nitrogens is 1. The Balaban J connectivity index is 1.53. The summed E-state index contributed by atoms with van der Waals surface area (Å²) in [6.45, 7) is 4.21. The van der Waals surface area contributed by atoms with Gasteiger partial charge in [0.1, 0.15) is 6.61 Å². The molecule has 6 heteroatoms. The molecule has 6 nitrogen and oxygen atoms in total. The summed E-state index contributed by atoms with van der Waals surface area (Å²) in [6.07, 6.45) is 2.95. The molecule has 0 aliphatic carbocycles. The lowest BCUT2D eigenvalue weighted by Gasteiger charge is -2.26. The third-order valence-corrected chi connectivity index (χ3v) is 4.66. The molecule has 0 fully saturated rings. The second-order valence-corrected chi connectivity index (χ2v) is 6.25. The summed E-state index contributed by atoms with van der Waals surface area (Å²) in [5, 5.41) is 9.77. The van der Waals surface area contributed by atoms with Crippen molar-refractivity contribution in [2.45, 2.75) is 20.0 Å². The Morgan fingerprint density at radius 3 is 2.73 bits per heavy atom. The van der Waals surface area contributed by atoms with Gasteiger partial charge in [0.05, 0.1) is 6.20 Å². The second-order valence-electron chi connectivity index (χ2n) is 6.25. The van der Waals surface area contributed by atoms with E-state index in [1.807, 2.05) is 50.4 Å². The fraction of sp³-hybridized carbons (Fsp3) is 0.200. The highest BCUT2D eigenvalue weighted by Gasteiger charge is 2.27. The van der Waals surface area contributed by atoms with Crippen molar-refractivity contribution in [1.82, 2.24) is 10.2 Å². The van der Waals surface area contributed by atoms with Crippen molar-refractivity contribution in [2.24, 2.45) is 0 Å². The first kappa shape index (κ1) is 16.2. The van der Waals surface area contributed by atoms with Gasteiger partial charge in [-0.3, -0.25) is 9.89 Å². The van der Waals surface area contributed by atoms with Gasteiger partial charge in [-0.05, 0) is 48.7 Å². The van der Waals surface area contributed by atoms with E-state index in [0.29, 0.717) is 11.5 Å². The lowest BCUT2D eigenvalue weighted by molar-refractivity contribution is -0.125. The zero-order valence-electron chi connectivity index (χ0n) is 14.6. The number of amides is 1. The molecule has 2 N–H and O–H groups in total. The first-order valence-corrected chi connectivity index (χ1v) is 8.42. The van der Waals surface area contributed by atoms with Gasteiger partial charge in [0.2, 0.25) is 6.10 Å². The summed E-state index contributed by atoms with van der Waals surface area (Å²) in [6, 6.07) is 11.2. The van der Waals surface area contributed by atoms with Crippen LogP contribution in [0.3, 0.4) is 0 Å². The lowest BCUT2D eigenvalue weighted by Crippen LogP contribution is -2.40. The number of carbonyl (C=O) groups excluding carboxylic acids is 1. The summed E-state index contributed by atoms with van der Waals surface area (Å²) < 4.78 is 11.4. The maximum Gasteiger partial charge on any atom is 0.269 e. The van der Waals surface area contributed by atoms with Gasteiger partial charge in [0.25, 0.3) is 5.91 Å². The molecule has 1 unspecified atom stereocenters. The zero-order chi connectivity index (χ0) is 18.1. The van der Waals surface area contributed by atoms with E-state index >= 15 is 0 Å². The number of ether oxygens (including phenoxy) is 2. The predicted octanol–water partition coefficient (Wildman–Crippen LogP) is 3.47. The number of benzene rings is 2. The first-order valence-electron chi connectivity index (χ1n) is 8.42. The first-order chi connectivity index (χ1) is 12.6. The summed E-state index contributed by atoms with van der Waals surface area (Å²) in [4.78, 5) is 12.6. The molecule has 3 aromatic rings. The van der Waals surface area contributed by atoms with Crippen LogP contribution >= 0.6 is 0 Å². The fourth-order valence-corrected chi connectivity index (χ4v) is 3.03. The van der Waals surface area contributed by atoms with Crippen LogP contribution < -0.4 is 14.8 Å². The Morgan fingerprint density at radius 1 is 1.15 bits per heavy atom. The molecule has 0 saturated carbocycles. The molecule has 0 bridgehead atoms. The standard InChI is InChI=1S/C20H19N3O3/c1-12-13(2)16(8-7-15(12)14-9-21-22-10-14)23-20(24)19-11-25-17-5-3-4-6-18(17)26-19/h3-10,19H,11H2,1-2H3,(H,21,22)(H,23,24). The molecule has 26 heavy (non-hydrogen) atoms. The van der Waals surface area contributed by atoms with Crippen LogP contribution in [0.5, 0.6) is 11.5 Å². The lowest BCUT2D eigenvalue weighted by atomic mass is 9.97. The Hall–Kier alpha value is -3.28. The molecular formula is C20H19N3O3. The molecule has 1 atom stereocenters. The Kier molecular flexibility index (Phi) is 4.08. The van der Waals surface area contributed by atoms with E-state index in [2.05, 4.69) is 15.5 Å². The van der Waals surface area contributed by atoms with Crippen LogP contribution in [0.1, 0.15) is 11.1 Å². The van der Waals surface area contributed by atoms with Crippen molar-refractivity contribution in [3.63, 3.8) is 0 Å². The van der Waals surface area contributed by atoms with Crippen molar-refractivity contribution >= 4 is 11.6 Å². The second kappa shape index (κ2) is 6.55. The number of carbonyl (C=O) groups is 1. The average Bonchev–Trinajstić information content (AvgIpc) is 3.19. The van der Waals surface area contributed by atoms with Gasteiger partial charge in [-0.1, -0.05) is 18.2 Å². The van der Waals surface area contributed by atoms with Crippen LogP contribution in [-0.2, 0) is 4.79 Å². The highest BCUT2D eigenvalue weighted by Crippen LogP contribution is 2.32. The third-order valence-electron chi connectivity index (χ3n) is 4.66. The van der Waals surface area contributed by atoms with Gasteiger partial charge in [0, 0.05) is 17.4 Å². The number of para-hydroxylation sites is 2. The highest BCUT2D eigenvalue weighted by molar-refractivity contribution is 5.96. The summed E-state index contributed by atoms with van der Waals surface area (Å²) in [5.74, 6) is 1.02. The Morgan fingerprint density at radius 2 is 1.96 bits per heavy atom. The maximum atomic E-state index is 12.6. The topological polar surface area (TPSA) is 76.2 Å². The molecule has 0 radical (unpaired) electrons. The normalized spacial score (nSPS) is 15.5. The maximum absolute atomic E-state index is 12.6. The molecule has 1 aliphatic rings. The van der Waals surface area contributed by atoms with Gasteiger partial charge in [-0.2, -0.15) is 5.10 Å². The van der Waals surface area contributed by atoms with Crippen molar-refractivity contribution in [2.75, 3.05) is 11.9 Å². The number of nitrogens with zero attached hydrogens (tertiary/aromatic N) is 1. The van der Waals surface area contributed by atoms with Crippen molar-refractivity contribution in [1.29, 1.82) is 0 Å². The van der Waals surface area contributed by atoms with E-state index < -0.39 is 6.10 Å². The van der Waals surface area contributed by atoms with Crippen LogP contribution in [0.15, 0.2) is 48.8 Å². The molecule has 2 heterocycles. The summed E-state index contributed by atoms with van der Waals surface area (Å²) >= 11 is 0. The van der Waals surface area contributed by atoms with E-state index in [4.69, 9.17) is 9.47 Å². The molecule has 1 amide bonds. The smallest absolute Gasteiger partial charge is 0.269 e. The predicted molar refractivity (Wildman–Crippen MR) is 98.5 cm³/mol. The minimum absolute atomic E-state index is 0.188. The van der Waals surface area contributed by atoms with E-state index in [1.54, 1.807) is 12.3 Å². The van der Waals surface area contributed by atoms with Gasteiger partial charge >= 0.3 is 0 Å². The van der Waals surface area contributed by atoms with Gasteiger partial charge in [0.15, 0.2) is 11.5 Å². The molecule has 1 aromatic heterocycles. The van der Waals surface area contributed by atoms with Crippen molar-refractivity contribution in [3.8, 4) is 22.6 Å². The molecule has 1 aliphatic heterocycles. The largest absolute Gasteiger partial charge is 0.485 e. The number of aromatic amines is 1. The third kappa shape index (κ3) is 2.90. The van der Waals surface area contributed by atoms with Gasteiger partial charge < -0.3 is 14.8 Å². The quantitative estimate of drug-likeness (QED) is 0.759. The molecular weight excluding hydrogens is 330 g/mol. The summed E-state index contributed by atoms with van der Waals surface area (Å²) in [5.41, 5.74) is 4.97. The van der Waals surface area contributed by atoms with Crippen molar-refractivity contribution in [3.05, 3.63) is 59.9 Å². The SMILES string of the molecule is Cc1c(NC(=O)C2COc3ccccc3O2)ccc(-c2cn[nH]c2)c1C. The van der Waals surface area contributed by atoms with Crippen LogP contribution in [0.25, 0.3) is 11.1 Å². The van der Waals surface area contributed by atoms with Crippen LogP contribution in [-0.4, -0.2) is 28.8 Å². The highest BCUT2D eigenvalue weighted by atomic mass is 16.6. The number of hydrogen-bond donors (Lipinski definition) is 2. The molecule has 132 valence electrons. The minimum atomic E-state index is -0.682. The average molecular weight is 349 g/mol. The fourth-order valence-electron chi connectivity index (χ4n) is 3.03. The summed E-state index contributed by atoms with van der Waals surface area (Å²) in [7, 11) is 0. The molecule has 0 saturated heterocycles. The Labute approximate surface area is 151 Å². The monoisotopic (exact) mass is 349 g/mol. The van der Waals surface area contributed by atoms with Gasteiger partial charge in [-0.15, -0.1) is 0 Å². The molecule has 2 aromatic carbocycles. The Bertz CT molecular complexity index is 951. The zero-order valence-corrected chi connectivity index (χ0v) is 14.6. The molecule has 0 spiro atoms.